The highest BCUT2D eigenvalue weighted by molar-refractivity contribution is 5.14. The molecule has 3 rings (SSSR count). The van der Waals surface area contributed by atoms with Gasteiger partial charge in [-0.05, 0) is 56.7 Å². The van der Waals surface area contributed by atoms with Crippen molar-refractivity contribution in [2.75, 3.05) is 13.1 Å². The van der Waals surface area contributed by atoms with Crippen molar-refractivity contribution in [1.29, 1.82) is 0 Å². The van der Waals surface area contributed by atoms with E-state index in [4.69, 9.17) is 0 Å². The van der Waals surface area contributed by atoms with Crippen molar-refractivity contribution in [2.45, 2.75) is 57.7 Å². The smallest absolute Gasteiger partial charge is 0.0233 e. The van der Waals surface area contributed by atoms with Crippen molar-refractivity contribution in [2.24, 2.45) is 5.92 Å². The topological polar surface area (TPSA) is 15.3 Å². The minimum absolute atomic E-state index is 0.761. The fourth-order valence-electron chi connectivity index (χ4n) is 3.79. The zero-order valence-corrected chi connectivity index (χ0v) is 12.7. The fraction of sp³-hybridized carbons (Fsp3) is 0.667. The Bertz CT molecular complexity index is 395. The molecule has 0 amide bonds. The summed E-state index contributed by atoms with van der Waals surface area (Å²) < 4.78 is 0. The van der Waals surface area contributed by atoms with E-state index in [-0.39, 0.29) is 0 Å². The number of benzene rings is 1. The van der Waals surface area contributed by atoms with Gasteiger partial charge in [-0.1, -0.05) is 37.3 Å². The van der Waals surface area contributed by atoms with Gasteiger partial charge in [0.05, 0.1) is 0 Å². The minimum Gasteiger partial charge on any atom is -0.311 e. The molecule has 2 aliphatic rings. The molecule has 20 heavy (non-hydrogen) atoms. The minimum atomic E-state index is 0.761. The molecule has 1 aromatic carbocycles. The van der Waals surface area contributed by atoms with Crippen LogP contribution in [0.4, 0.5) is 0 Å². The first-order valence-corrected chi connectivity index (χ1v) is 8.32. The summed E-state index contributed by atoms with van der Waals surface area (Å²) in [6, 6.07) is 12.4. The van der Waals surface area contributed by atoms with Gasteiger partial charge in [-0.15, -0.1) is 0 Å². The maximum absolute atomic E-state index is 3.91. The maximum atomic E-state index is 3.91. The molecule has 0 spiro atoms. The van der Waals surface area contributed by atoms with Crippen LogP contribution in [-0.4, -0.2) is 30.1 Å². The summed E-state index contributed by atoms with van der Waals surface area (Å²) in [5.74, 6) is 0.936. The Morgan fingerprint density at radius 1 is 1.00 bits per heavy atom. The van der Waals surface area contributed by atoms with Gasteiger partial charge in [-0.2, -0.15) is 0 Å². The Morgan fingerprint density at radius 3 is 2.40 bits per heavy atom. The van der Waals surface area contributed by atoms with Crippen molar-refractivity contribution in [3.8, 4) is 0 Å². The molecule has 2 heteroatoms. The highest BCUT2D eigenvalue weighted by Crippen LogP contribution is 2.26. The standard InChI is InChI=1S/C18H28N2/c1-15-7-8-18(13-15)19-17-9-11-20(12-10-17)14-16-5-3-2-4-6-16/h2-6,15,17-19H,7-14H2,1H3/t15-,18+/m0/s1. The largest absolute Gasteiger partial charge is 0.311 e. The number of rotatable bonds is 4. The highest BCUT2D eigenvalue weighted by atomic mass is 15.1. The van der Waals surface area contributed by atoms with E-state index in [1.54, 1.807) is 0 Å². The molecule has 0 radical (unpaired) electrons. The second kappa shape index (κ2) is 6.73. The Balaban J connectivity index is 1.41. The molecule has 0 unspecified atom stereocenters. The average Bonchev–Trinajstić information content (AvgIpc) is 2.88. The van der Waals surface area contributed by atoms with E-state index in [0.29, 0.717) is 0 Å². The van der Waals surface area contributed by atoms with Crippen LogP contribution >= 0.6 is 0 Å². The van der Waals surface area contributed by atoms with E-state index < -0.39 is 0 Å². The summed E-state index contributed by atoms with van der Waals surface area (Å²) in [5, 5.41) is 3.91. The first-order valence-electron chi connectivity index (χ1n) is 8.32. The zero-order chi connectivity index (χ0) is 13.8. The normalized spacial score (nSPS) is 28.9. The third kappa shape index (κ3) is 3.83. The lowest BCUT2D eigenvalue weighted by Crippen LogP contribution is -2.45. The molecule has 1 aliphatic heterocycles. The molecule has 110 valence electrons. The maximum Gasteiger partial charge on any atom is 0.0233 e. The fourth-order valence-corrected chi connectivity index (χ4v) is 3.79. The lowest BCUT2D eigenvalue weighted by molar-refractivity contribution is 0.183. The van der Waals surface area contributed by atoms with E-state index in [2.05, 4.69) is 47.5 Å². The summed E-state index contributed by atoms with van der Waals surface area (Å²) in [7, 11) is 0. The highest BCUT2D eigenvalue weighted by Gasteiger charge is 2.25. The molecule has 2 fully saturated rings. The molecule has 1 heterocycles. The van der Waals surface area contributed by atoms with Gasteiger partial charge >= 0.3 is 0 Å². The molecule has 2 atom stereocenters. The zero-order valence-electron chi connectivity index (χ0n) is 12.7. The van der Waals surface area contributed by atoms with Crippen molar-refractivity contribution >= 4 is 0 Å². The van der Waals surface area contributed by atoms with Gasteiger partial charge in [-0.3, -0.25) is 4.90 Å². The Hall–Kier alpha value is -0.860. The molecule has 1 aromatic rings. The van der Waals surface area contributed by atoms with E-state index >= 15 is 0 Å². The summed E-state index contributed by atoms with van der Waals surface area (Å²) >= 11 is 0. The van der Waals surface area contributed by atoms with Crippen LogP contribution in [-0.2, 0) is 6.54 Å². The SMILES string of the molecule is C[C@H]1CC[C@@H](NC2CCN(Cc3ccccc3)CC2)C1. The van der Waals surface area contributed by atoms with Crippen LogP contribution in [0.3, 0.4) is 0 Å². The van der Waals surface area contributed by atoms with Gasteiger partial charge in [0, 0.05) is 18.6 Å². The van der Waals surface area contributed by atoms with Crippen molar-refractivity contribution in [3.05, 3.63) is 35.9 Å². The Kier molecular flexibility index (Phi) is 4.74. The lowest BCUT2D eigenvalue weighted by atomic mass is 10.0. The summed E-state index contributed by atoms with van der Waals surface area (Å²) in [6.45, 7) is 6.00. The summed E-state index contributed by atoms with van der Waals surface area (Å²) in [5.41, 5.74) is 1.45. The van der Waals surface area contributed by atoms with Crippen LogP contribution < -0.4 is 5.32 Å². The molecular formula is C18H28N2. The molecule has 2 nitrogen and oxygen atoms in total. The molecule has 1 aliphatic carbocycles. The van der Waals surface area contributed by atoms with Gasteiger partial charge in [0.15, 0.2) is 0 Å². The molecule has 1 saturated heterocycles. The lowest BCUT2D eigenvalue weighted by Gasteiger charge is -2.34. The number of nitrogens with zero attached hydrogens (tertiary/aromatic N) is 1. The number of hydrogen-bond donors (Lipinski definition) is 1. The van der Waals surface area contributed by atoms with E-state index in [9.17, 15) is 0 Å². The molecular weight excluding hydrogens is 244 g/mol. The van der Waals surface area contributed by atoms with E-state index in [1.165, 1.54) is 50.8 Å². The first-order chi connectivity index (χ1) is 9.79. The molecule has 1 N–H and O–H groups in total. The second-order valence-electron chi connectivity index (χ2n) is 6.82. The Labute approximate surface area is 123 Å². The van der Waals surface area contributed by atoms with E-state index in [0.717, 1.165) is 24.5 Å². The third-order valence-electron chi connectivity index (χ3n) is 5.00. The molecule has 0 aromatic heterocycles. The van der Waals surface area contributed by atoms with Crippen LogP contribution in [0.25, 0.3) is 0 Å². The number of piperidine rings is 1. The summed E-state index contributed by atoms with van der Waals surface area (Å²) in [6.07, 6.45) is 6.84. The number of likely N-dealkylation sites (tertiary alicyclic amines) is 1. The van der Waals surface area contributed by atoms with Crippen molar-refractivity contribution in [1.82, 2.24) is 10.2 Å². The Morgan fingerprint density at radius 2 is 1.75 bits per heavy atom. The van der Waals surface area contributed by atoms with Gasteiger partial charge < -0.3 is 5.32 Å². The quantitative estimate of drug-likeness (QED) is 0.903. The van der Waals surface area contributed by atoms with Gasteiger partial charge in [0.25, 0.3) is 0 Å². The molecule has 0 bridgehead atoms. The van der Waals surface area contributed by atoms with Crippen molar-refractivity contribution < 1.29 is 0 Å². The number of hydrogen-bond acceptors (Lipinski definition) is 2. The predicted octanol–water partition coefficient (Wildman–Crippen LogP) is 3.43. The van der Waals surface area contributed by atoms with Gasteiger partial charge in [0.1, 0.15) is 0 Å². The number of nitrogens with one attached hydrogen (secondary N) is 1. The van der Waals surface area contributed by atoms with Gasteiger partial charge in [0.2, 0.25) is 0 Å². The van der Waals surface area contributed by atoms with Crippen LogP contribution in [0.2, 0.25) is 0 Å². The third-order valence-corrected chi connectivity index (χ3v) is 5.00. The van der Waals surface area contributed by atoms with Crippen LogP contribution in [0.1, 0.15) is 44.6 Å². The predicted molar refractivity (Wildman–Crippen MR) is 84.7 cm³/mol. The first kappa shape index (κ1) is 14.1. The van der Waals surface area contributed by atoms with E-state index in [1.807, 2.05) is 0 Å². The molecule has 1 saturated carbocycles. The van der Waals surface area contributed by atoms with Crippen LogP contribution in [0, 0.1) is 5.92 Å². The summed E-state index contributed by atoms with van der Waals surface area (Å²) in [4.78, 5) is 2.60. The monoisotopic (exact) mass is 272 g/mol. The average molecular weight is 272 g/mol. The van der Waals surface area contributed by atoms with Gasteiger partial charge in [-0.25, -0.2) is 0 Å². The van der Waals surface area contributed by atoms with Crippen LogP contribution in [0.5, 0.6) is 0 Å². The van der Waals surface area contributed by atoms with Crippen molar-refractivity contribution in [3.63, 3.8) is 0 Å². The van der Waals surface area contributed by atoms with Crippen LogP contribution in [0.15, 0.2) is 30.3 Å². The second-order valence-corrected chi connectivity index (χ2v) is 6.82.